The average Bonchev–Trinajstić information content (AvgIpc) is 2.79. The monoisotopic (exact) mass is 438 g/mol. The molecule has 0 aliphatic carbocycles. The van der Waals surface area contributed by atoms with E-state index in [2.05, 4.69) is 10.6 Å². The third kappa shape index (κ3) is 6.53. The van der Waals surface area contributed by atoms with Gasteiger partial charge in [0, 0.05) is 12.6 Å². The fourth-order valence-electron chi connectivity index (χ4n) is 2.97. The second-order valence-corrected chi connectivity index (χ2v) is 7.04. The van der Waals surface area contributed by atoms with Crippen molar-refractivity contribution < 1.29 is 28.2 Å². The van der Waals surface area contributed by atoms with Crippen molar-refractivity contribution >= 4 is 17.8 Å². The fraction of sp³-hybridized carbons (Fsp3) is 0.208. The molecular weight excluding hydrogens is 415 g/mol. The van der Waals surface area contributed by atoms with Crippen molar-refractivity contribution in [3.63, 3.8) is 0 Å². The summed E-state index contributed by atoms with van der Waals surface area (Å²) in [6.07, 6.45) is 1.70. The lowest BCUT2D eigenvalue weighted by Gasteiger charge is -2.25. The van der Waals surface area contributed by atoms with Crippen LogP contribution in [-0.2, 0) is 32.1 Å². The molecule has 0 radical (unpaired) electrons. The SMILES string of the molecule is CCC(=O)C(=O)OC1NC=C(Cc2cccc(F)c2)C=C1NC(=O)OCc1ccccc1. The molecule has 2 aromatic rings. The summed E-state index contributed by atoms with van der Waals surface area (Å²) in [5.41, 5.74) is 2.41. The number of allylic oxidation sites excluding steroid dienone is 2. The molecule has 32 heavy (non-hydrogen) atoms. The Hall–Kier alpha value is -3.94. The van der Waals surface area contributed by atoms with E-state index in [9.17, 15) is 18.8 Å². The highest BCUT2D eigenvalue weighted by Gasteiger charge is 2.26. The Labute approximate surface area is 184 Å². The molecule has 1 unspecified atom stereocenters. The number of ether oxygens (including phenoxy) is 2. The summed E-state index contributed by atoms with van der Waals surface area (Å²) in [6.45, 7) is 1.60. The number of benzene rings is 2. The number of ketones is 1. The lowest BCUT2D eigenvalue weighted by atomic mass is 10.0. The Morgan fingerprint density at radius 2 is 1.81 bits per heavy atom. The number of nitrogens with one attached hydrogen (secondary N) is 2. The van der Waals surface area contributed by atoms with Crippen LogP contribution in [0.5, 0.6) is 0 Å². The number of amides is 1. The zero-order valence-corrected chi connectivity index (χ0v) is 17.5. The summed E-state index contributed by atoms with van der Waals surface area (Å²) in [5, 5.41) is 5.42. The van der Waals surface area contributed by atoms with Gasteiger partial charge < -0.3 is 14.8 Å². The third-order valence-electron chi connectivity index (χ3n) is 4.57. The molecule has 166 valence electrons. The van der Waals surface area contributed by atoms with Gasteiger partial charge in [0.15, 0.2) is 0 Å². The Bertz CT molecular complexity index is 1050. The maximum absolute atomic E-state index is 13.5. The van der Waals surface area contributed by atoms with E-state index >= 15 is 0 Å². The van der Waals surface area contributed by atoms with Crippen LogP contribution in [0, 0.1) is 5.82 Å². The van der Waals surface area contributed by atoms with Gasteiger partial charge in [-0.1, -0.05) is 49.4 Å². The minimum Gasteiger partial charge on any atom is -0.444 e. The zero-order chi connectivity index (χ0) is 22.9. The topological polar surface area (TPSA) is 93.7 Å². The fourth-order valence-corrected chi connectivity index (χ4v) is 2.97. The van der Waals surface area contributed by atoms with E-state index in [-0.39, 0.29) is 24.5 Å². The largest absolute Gasteiger partial charge is 0.444 e. The second-order valence-electron chi connectivity index (χ2n) is 7.04. The van der Waals surface area contributed by atoms with Gasteiger partial charge in [0.1, 0.15) is 12.4 Å². The van der Waals surface area contributed by atoms with Gasteiger partial charge >= 0.3 is 12.1 Å². The standard InChI is InChI=1S/C24H23FN2O5/c1-2-21(28)23(29)32-22-20(27-24(30)31-15-16-7-4-3-5-8-16)13-18(14-26-22)11-17-9-6-10-19(25)12-17/h3-10,12-14,22,26H,2,11,15H2,1H3,(H,27,30). The van der Waals surface area contributed by atoms with E-state index < -0.39 is 24.1 Å². The Balaban J connectivity index is 1.71. The van der Waals surface area contributed by atoms with Gasteiger partial charge in [0.25, 0.3) is 0 Å². The minimum absolute atomic E-state index is 0.00218. The predicted octanol–water partition coefficient (Wildman–Crippen LogP) is 3.51. The van der Waals surface area contributed by atoms with Crippen LogP contribution in [0.4, 0.5) is 9.18 Å². The molecule has 0 saturated heterocycles. The van der Waals surface area contributed by atoms with Crippen LogP contribution in [0.15, 0.2) is 78.1 Å². The number of halogens is 1. The Morgan fingerprint density at radius 3 is 2.53 bits per heavy atom. The van der Waals surface area contributed by atoms with E-state index in [1.807, 2.05) is 30.3 Å². The van der Waals surface area contributed by atoms with Gasteiger partial charge in [0.2, 0.25) is 12.0 Å². The number of hydrogen-bond donors (Lipinski definition) is 2. The smallest absolute Gasteiger partial charge is 0.411 e. The number of carbonyl (C=O) groups is 3. The third-order valence-corrected chi connectivity index (χ3v) is 4.57. The number of Topliss-reactive ketones (excluding diaryl/α,β-unsaturated/α-hetero) is 1. The van der Waals surface area contributed by atoms with E-state index in [0.717, 1.165) is 11.1 Å². The van der Waals surface area contributed by atoms with Crippen molar-refractivity contribution in [3.05, 3.63) is 95.1 Å². The molecule has 0 spiro atoms. The van der Waals surface area contributed by atoms with Gasteiger partial charge in [-0.2, -0.15) is 0 Å². The molecule has 1 aliphatic heterocycles. The summed E-state index contributed by atoms with van der Waals surface area (Å²) >= 11 is 0. The number of rotatable bonds is 8. The first-order chi connectivity index (χ1) is 15.4. The number of alkyl carbamates (subject to hydrolysis) is 1. The molecule has 1 amide bonds. The molecule has 2 N–H and O–H groups in total. The van der Waals surface area contributed by atoms with Crippen molar-refractivity contribution in [1.82, 2.24) is 10.6 Å². The van der Waals surface area contributed by atoms with E-state index in [4.69, 9.17) is 9.47 Å². The zero-order valence-electron chi connectivity index (χ0n) is 17.5. The minimum atomic E-state index is -1.08. The molecule has 0 fully saturated rings. The van der Waals surface area contributed by atoms with Crippen molar-refractivity contribution in [2.75, 3.05) is 0 Å². The van der Waals surface area contributed by atoms with E-state index in [0.29, 0.717) is 12.0 Å². The highest BCUT2D eigenvalue weighted by Crippen LogP contribution is 2.18. The van der Waals surface area contributed by atoms with Gasteiger partial charge in [-0.3, -0.25) is 10.1 Å². The van der Waals surface area contributed by atoms with Gasteiger partial charge in [-0.15, -0.1) is 0 Å². The van der Waals surface area contributed by atoms with Crippen molar-refractivity contribution in [1.29, 1.82) is 0 Å². The van der Waals surface area contributed by atoms with Crippen molar-refractivity contribution in [2.45, 2.75) is 32.6 Å². The summed E-state index contributed by atoms with van der Waals surface area (Å²) in [5.74, 6) is -2.06. The van der Waals surface area contributed by atoms with Crippen LogP contribution in [0.3, 0.4) is 0 Å². The maximum atomic E-state index is 13.5. The highest BCUT2D eigenvalue weighted by molar-refractivity contribution is 6.33. The normalized spacial score (nSPS) is 15.0. The van der Waals surface area contributed by atoms with Crippen LogP contribution in [-0.4, -0.2) is 24.1 Å². The highest BCUT2D eigenvalue weighted by atomic mass is 19.1. The van der Waals surface area contributed by atoms with Crippen LogP contribution >= 0.6 is 0 Å². The lowest BCUT2D eigenvalue weighted by molar-refractivity contribution is -0.157. The number of hydrogen-bond acceptors (Lipinski definition) is 6. The molecule has 1 atom stereocenters. The van der Waals surface area contributed by atoms with Crippen molar-refractivity contribution in [2.24, 2.45) is 0 Å². The van der Waals surface area contributed by atoms with Gasteiger partial charge in [0.05, 0.1) is 5.70 Å². The lowest BCUT2D eigenvalue weighted by Crippen LogP contribution is -2.43. The average molecular weight is 438 g/mol. The summed E-state index contributed by atoms with van der Waals surface area (Å²) in [4.78, 5) is 35.9. The maximum Gasteiger partial charge on any atom is 0.411 e. The molecule has 1 heterocycles. The van der Waals surface area contributed by atoms with E-state index in [1.54, 1.807) is 31.3 Å². The molecule has 1 aliphatic rings. The molecule has 0 bridgehead atoms. The van der Waals surface area contributed by atoms with Crippen LogP contribution < -0.4 is 10.6 Å². The summed E-state index contributed by atoms with van der Waals surface area (Å²) in [7, 11) is 0. The molecular formula is C24H23FN2O5. The first kappa shape index (κ1) is 22.7. The second kappa shape index (κ2) is 10.9. The summed E-state index contributed by atoms with van der Waals surface area (Å²) < 4.78 is 23.9. The molecule has 0 saturated carbocycles. The van der Waals surface area contributed by atoms with Crippen LogP contribution in [0.25, 0.3) is 0 Å². The molecule has 2 aromatic carbocycles. The molecule has 3 rings (SSSR count). The van der Waals surface area contributed by atoms with Crippen LogP contribution in [0.2, 0.25) is 0 Å². The molecule has 7 nitrogen and oxygen atoms in total. The molecule has 8 heteroatoms. The van der Waals surface area contributed by atoms with Crippen molar-refractivity contribution in [3.8, 4) is 0 Å². The number of carbonyl (C=O) groups excluding carboxylic acids is 3. The first-order valence-corrected chi connectivity index (χ1v) is 10.1. The number of dihydropyridines is 1. The number of esters is 1. The molecule has 0 aromatic heterocycles. The van der Waals surface area contributed by atoms with Gasteiger partial charge in [-0.25, -0.2) is 14.0 Å². The van der Waals surface area contributed by atoms with Crippen LogP contribution in [0.1, 0.15) is 24.5 Å². The quantitative estimate of drug-likeness (QED) is 0.484. The Kier molecular flexibility index (Phi) is 7.75. The Morgan fingerprint density at radius 1 is 1.06 bits per heavy atom. The summed E-state index contributed by atoms with van der Waals surface area (Å²) in [6, 6.07) is 15.3. The first-order valence-electron chi connectivity index (χ1n) is 10.1. The van der Waals surface area contributed by atoms with Gasteiger partial charge in [-0.05, 0) is 41.3 Å². The predicted molar refractivity (Wildman–Crippen MR) is 114 cm³/mol. The van der Waals surface area contributed by atoms with E-state index in [1.165, 1.54) is 12.1 Å².